The van der Waals surface area contributed by atoms with E-state index in [1.54, 1.807) is 7.11 Å². The molecule has 0 unspecified atom stereocenters. The first kappa shape index (κ1) is 23.9. The number of rotatable bonds is 6. The van der Waals surface area contributed by atoms with Gasteiger partial charge in [-0.2, -0.15) is 0 Å². The predicted octanol–water partition coefficient (Wildman–Crippen LogP) is 7.25. The summed E-state index contributed by atoms with van der Waals surface area (Å²) in [7, 11) is 1.66. The molecule has 38 heavy (non-hydrogen) atoms. The van der Waals surface area contributed by atoms with E-state index >= 15 is 0 Å². The molecule has 0 saturated heterocycles. The standard InChI is InChI=1S/C33H30N2O3/c1-37-26-15-11-23(12-16-26)25-19-30-32(31(36)20-25)33(35-29-10-6-5-9-28(29)34-30)24-13-17-27(18-14-24)38-21-22-7-3-2-4-8-22/h2-18,25,33-35H,19-21H2,1H3/t25-,33+/m1/s1. The van der Waals surface area contributed by atoms with Gasteiger partial charge in [-0.25, -0.2) is 0 Å². The first-order valence-electron chi connectivity index (χ1n) is 13.0. The minimum Gasteiger partial charge on any atom is -0.497 e. The van der Waals surface area contributed by atoms with E-state index in [4.69, 9.17) is 9.47 Å². The van der Waals surface area contributed by atoms with Crippen molar-refractivity contribution < 1.29 is 14.3 Å². The lowest BCUT2D eigenvalue weighted by molar-refractivity contribution is -0.116. The molecule has 0 saturated carbocycles. The summed E-state index contributed by atoms with van der Waals surface area (Å²) in [5.41, 5.74) is 7.05. The highest BCUT2D eigenvalue weighted by atomic mass is 16.5. The molecule has 5 nitrogen and oxygen atoms in total. The topological polar surface area (TPSA) is 59.6 Å². The number of hydrogen-bond acceptors (Lipinski definition) is 5. The SMILES string of the molecule is COc1ccc([C@H]2CC(=O)C3=C(C2)Nc2ccccc2N[C@H]3c2ccc(OCc3ccccc3)cc2)cc1. The zero-order valence-corrected chi connectivity index (χ0v) is 21.3. The number of nitrogens with one attached hydrogen (secondary N) is 2. The van der Waals surface area contributed by atoms with Crippen LogP contribution in [0.15, 0.2) is 114 Å². The Bertz CT molecular complexity index is 1460. The van der Waals surface area contributed by atoms with Crippen LogP contribution in [-0.4, -0.2) is 12.9 Å². The zero-order valence-electron chi connectivity index (χ0n) is 21.3. The molecule has 0 amide bonds. The van der Waals surface area contributed by atoms with Crippen LogP contribution in [0.1, 0.15) is 41.5 Å². The van der Waals surface area contributed by atoms with Gasteiger partial charge >= 0.3 is 0 Å². The fourth-order valence-electron chi connectivity index (χ4n) is 5.35. The molecule has 0 radical (unpaired) electrons. The van der Waals surface area contributed by atoms with Gasteiger partial charge in [-0.15, -0.1) is 0 Å². The number of ether oxygens (including phenoxy) is 2. The molecule has 0 spiro atoms. The first-order valence-corrected chi connectivity index (χ1v) is 13.0. The van der Waals surface area contributed by atoms with Crippen molar-refractivity contribution in [2.75, 3.05) is 17.7 Å². The summed E-state index contributed by atoms with van der Waals surface area (Å²) in [6, 6.07) is 34.1. The van der Waals surface area contributed by atoms with Gasteiger partial charge in [0.15, 0.2) is 5.78 Å². The largest absolute Gasteiger partial charge is 0.497 e. The van der Waals surface area contributed by atoms with Crippen molar-refractivity contribution >= 4 is 17.2 Å². The van der Waals surface area contributed by atoms with Crippen molar-refractivity contribution in [1.29, 1.82) is 0 Å². The van der Waals surface area contributed by atoms with E-state index in [0.717, 1.165) is 57.3 Å². The molecule has 2 atom stereocenters. The zero-order chi connectivity index (χ0) is 25.9. The van der Waals surface area contributed by atoms with Gasteiger partial charge in [-0.1, -0.05) is 66.7 Å². The Balaban J connectivity index is 1.30. The third-order valence-corrected chi connectivity index (χ3v) is 7.36. The Labute approximate surface area is 223 Å². The number of ketones is 1. The van der Waals surface area contributed by atoms with Crippen LogP contribution >= 0.6 is 0 Å². The van der Waals surface area contributed by atoms with Crippen molar-refractivity contribution in [1.82, 2.24) is 0 Å². The molecular weight excluding hydrogens is 472 g/mol. The number of allylic oxidation sites excluding steroid dienone is 1. The molecule has 1 aliphatic carbocycles. The van der Waals surface area contributed by atoms with Crippen LogP contribution in [-0.2, 0) is 11.4 Å². The van der Waals surface area contributed by atoms with Gasteiger partial charge in [0, 0.05) is 17.7 Å². The summed E-state index contributed by atoms with van der Waals surface area (Å²) in [6.07, 6.45) is 1.23. The minimum atomic E-state index is -0.256. The lowest BCUT2D eigenvalue weighted by Gasteiger charge is -2.30. The third kappa shape index (κ3) is 4.88. The summed E-state index contributed by atoms with van der Waals surface area (Å²) in [4.78, 5) is 13.8. The summed E-state index contributed by atoms with van der Waals surface area (Å²) in [6.45, 7) is 0.514. The Kier molecular flexibility index (Phi) is 6.57. The maximum atomic E-state index is 13.8. The number of Topliss-reactive ketones (excluding diaryl/α,β-unsaturated/α-hetero) is 1. The second kappa shape index (κ2) is 10.5. The van der Waals surface area contributed by atoms with Gasteiger partial charge in [0.25, 0.3) is 0 Å². The molecule has 0 fully saturated rings. The van der Waals surface area contributed by atoms with Crippen LogP contribution < -0.4 is 20.1 Å². The van der Waals surface area contributed by atoms with Crippen LogP contribution in [0.4, 0.5) is 11.4 Å². The average molecular weight is 503 g/mol. The monoisotopic (exact) mass is 502 g/mol. The normalized spacial score (nSPS) is 18.4. The van der Waals surface area contributed by atoms with Crippen molar-refractivity contribution in [2.45, 2.75) is 31.4 Å². The van der Waals surface area contributed by atoms with Crippen molar-refractivity contribution in [2.24, 2.45) is 0 Å². The van der Waals surface area contributed by atoms with Gasteiger partial charge in [-0.05, 0) is 65.4 Å². The van der Waals surface area contributed by atoms with E-state index in [0.29, 0.717) is 13.0 Å². The highest BCUT2D eigenvalue weighted by Gasteiger charge is 2.36. The van der Waals surface area contributed by atoms with E-state index in [9.17, 15) is 4.79 Å². The van der Waals surface area contributed by atoms with E-state index in [-0.39, 0.29) is 17.7 Å². The summed E-state index contributed by atoms with van der Waals surface area (Å²) >= 11 is 0. The maximum absolute atomic E-state index is 13.8. The molecule has 4 aromatic carbocycles. The fraction of sp³-hybridized carbons (Fsp3) is 0.182. The van der Waals surface area contributed by atoms with Crippen molar-refractivity contribution in [3.63, 3.8) is 0 Å². The number of carbonyl (C=O) groups excluding carboxylic acids is 1. The summed E-state index contributed by atoms with van der Waals surface area (Å²) < 4.78 is 11.3. The van der Waals surface area contributed by atoms with Gasteiger partial charge in [-0.3, -0.25) is 4.79 Å². The average Bonchev–Trinajstić information content (AvgIpc) is 3.14. The van der Waals surface area contributed by atoms with Crippen LogP contribution in [0.25, 0.3) is 0 Å². The maximum Gasteiger partial charge on any atom is 0.163 e. The smallest absolute Gasteiger partial charge is 0.163 e. The molecule has 1 aliphatic heterocycles. The summed E-state index contributed by atoms with van der Waals surface area (Å²) in [5.74, 6) is 1.89. The Hall–Kier alpha value is -4.51. The van der Waals surface area contributed by atoms with Crippen LogP contribution in [0.5, 0.6) is 11.5 Å². The number of hydrogen-bond donors (Lipinski definition) is 2. The molecule has 0 aromatic heterocycles. The predicted molar refractivity (Wildman–Crippen MR) is 151 cm³/mol. The lowest BCUT2D eigenvalue weighted by atomic mass is 9.78. The number of benzene rings is 4. The number of anilines is 2. The van der Waals surface area contributed by atoms with E-state index in [2.05, 4.69) is 59.2 Å². The number of para-hydroxylation sites is 2. The highest BCUT2D eigenvalue weighted by molar-refractivity contribution is 6.01. The molecule has 0 bridgehead atoms. The third-order valence-electron chi connectivity index (χ3n) is 7.36. The van der Waals surface area contributed by atoms with Crippen LogP contribution in [0.3, 0.4) is 0 Å². The lowest BCUT2D eigenvalue weighted by Crippen LogP contribution is -2.26. The number of carbonyl (C=O) groups is 1. The second-order valence-corrected chi connectivity index (χ2v) is 9.78. The Morgan fingerprint density at radius 2 is 1.39 bits per heavy atom. The number of methoxy groups -OCH3 is 1. The Morgan fingerprint density at radius 1 is 0.737 bits per heavy atom. The molecular formula is C33H30N2O3. The van der Waals surface area contributed by atoms with Gasteiger partial charge in [0.05, 0.1) is 24.5 Å². The van der Waals surface area contributed by atoms with Crippen molar-refractivity contribution in [3.05, 3.63) is 131 Å². The highest BCUT2D eigenvalue weighted by Crippen LogP contribution is 2.44. The minimum absolute atomic E-state index is 0.110. The van der Waals surface area contributed by atoms with E-state index in [1.807, 2.05) is 54.6 Å². The van der Waals surface area contributed by atoms with Crippen LogP contribution in [0, 0.1) is 0 Å². The first-order chi connectivity index (χ1) is 18.7. The van der Waals surface area contributed by atoms with Crippen LogP contribution in [0.2, 0.25) is 0 Å². The second-order valence-electron chi connectivity index (χ2n) is 9.78. The molecule has 2 aliphatic rings. The molecule has 1 heterocycles. The van der Waals surface area contributed by atoms with Gasteiger partial charge < -0.3 is 20.1 Å². The Morgan fingerprint density at radius 3 is 2.13 bits per heavy atom. The molecule has 190 valence electrons. The van der Waals surface area contributed by atoms with Crippen molar-refractivity contribution in [3.8, 4) is 11.5 Å². The molecule has 6 rings (SSSR count). The summed E-state index contributed by atoms with van der Waals surface area (Å²) in [5, 5.41) is 7.26. The molecule has 2 N–H and O–H groups in total. The van der Waals surface area contributed by atoms with E-state index < -0.39 is 0 Å². The molecule has 4 aromatic rings. The van der Waals surface area contributed by atoms with Gasteiger partial charge in [0.2, 0.25) is 0 Å². The van der Waals surface area contributed by atoms with Gasteiger partial charge in [0.1, 0.15) is 18.1 Å². The van der Waals surface area contributed by atoms with E-state index in [1.165, 1.54) is 0 Å². The number of fused-ring (bicyclic) bond motifs is 1. The quantitative estimate of drug-likeness (QED) is 0.291. The fourth-order valence-corrected chi connectivity index (χ4v) is 5.35. The molecule has 5 heteroatoms.